The molecule has 2 aliphatic heterocycles. The van der Waals surface area contributed by atoms with E-state index in [1.165, 1.54) is 6.07 Å². The third-order valence-electron chi connectivity index (χ3n) is 9.10. The maximum Gasteiger partial charge on any atom is 0.239 e. The molecule has 2 saturated carbocycles. The lowest BCUT2D eigenvalue weighted by atomic mass is 9.49. The average Bonchev–Trinajstić information content (AvgIpc) is 3.03. The van der Waals surface area contributed by atoms with Gasteiger partial charge >= 0.3 is 0 Å². The Kier molecular flexibility index (Phi) is 4.87. The molecule has 2 heterocycles. The van der Waals surface area contributed by atoms with Crippen LogP contribution in [0.25, 0.3) is 0 Å². The second kappa shape index (κ2) is 7.50. The molecule has 6 heteroatoms. The van der Waals surface area contributed by atoms with Crippen molar-refractivity contribution in [3.63, 3.8) is 0 Å². The quantitative estimate of drug-likeness (QED) is 0.593. The van der Waals surface area contributed by atoms with Crippen LogP contribution in [0.4, 0.5) is 15.8 Å². The molecule has 6 rings (SSSR count). The lowest BCUT2D eigenvalue weighted by molar-refractivity contribution is -0.140. The molecule has 1 amide bonds. The molecule has 1 saturated heterocycles. The molecule has 1 spiro atoms. The highest BCUT2D eigenvalue weighted by atomic mass is 19.1. The summed E-state index contributed by atoms with van der Waals surface area (Å²) in [6.07, 6.45) is 2.00. The molecule has 5 unspecified atom stereocenters. The van der Waals surface area contributed by atoms with Crippen molar-refractivity contribution < 1.29 is 18.8 Å². The minimum atomic E-state index is -1.22. The number of carbonyl (C=O) groups is 3. The number of hydrogen-bond donors (Lipinski definition) is 1. The zero-order valence-corrected chi connectivity index (χ0v) is 21.3. The number of carbonyl (C=O) groups excluding carboxylic acids is 3. The Hall–Kier alpha value is -3.02. The van der Waals surface area contributed by atoms with Crippen LogP contribution in [0.2, 0.25) is 0 Å². The summed E-state index contributed by atoms with van der Waals surface area (Å²) in [6, 6.07) is 12.9. The van der Waals surface area contributed by atoms with Gasteiger partial charge in [0.1, 0.15) is 11.6 Å². The predicted molar refractivity (Wildman–Crippen MR) is 136 cm³/mol. The minimum Gasteiger partial charge on any atom is -0.375 e. The number of benzene rings is 2. The standard InChI is InChI=1S/C30H33FN2O3/c1-28(2)13-18-26(24(35)16-28)32-20-11-7-5-9-17(20)30(18)25-22(14-29(3,4)15-23(25)34)33(27(30)36)21-12-8-6-10-19(21)31/h5-12,18,22,25-26,32H,13-16H2,1-4H3. The number of para-hydroxylation sites is 2. The summed E-state index contributed by atoms with van der Waals surface area (Å²) < 4.78 is 15.3. The molecule has 5 atom stereocenters. The molecule has 1 N–H and O–H groups in total. The third kappa shape index (κ3) is 3.09. The van der Waals surface area contributed by atoms with Gasteiger partial charge in [-0.2, -0.15) is 0 Å². The first-order chi connectivity index (χ1) is 17.0. The number of hydrogen-bond acceptors (Lipinski definition) is 4. The van der Waals surface area contributed by atoms with Crippen molar-refractivity contribution in [2.45, 2.75) is 70.9 Å². The number of ketones is 2. The van der Waals surface area contributed by atoms with Gasteiger partial charge in [0.15, 0.2) is 5.78 Å². The van der Waals surface area contributed by atoms with Crippen LogP contribution in [0.15, 0.2) is 48.5 Å². The van der Waals surface area contributed by atoms with Gasteiger partial charge in [0.25, 0.3) is 0 Å². The second-order valence-corrected chi connectivity index (χ2v) is 12.8. The van der Waals surface area contributed by atoms with Gasteiger partial charge in [0.05, 0.1) is 23.1 Å². The van der Waals surface area contributed by atoms with Crippen molar-refractivity contribution >= 4 is 28.8 Å². The lowest BCUT2D eigenvalue weighted by Crippen LogP contribution is -2.63. The number of nitrogens with one attached hydrogen (secondary N) is 1. The Labute approximate surface area is 211 Å². The fourth-order valence-corrected chi connectivity index (χ4v) is 7.97. The Morgan fingerprint density at radius 1 is 0.861 bits per heavy atom. The van der Waals surface area contributed by atoms with Gasteiger partial charge in [-0.05, 0) is 47.4 Å². The molecule has 5 nitrogen and oxygen atoms in total. The van der Waals surface area contributed by atoms with Crippen LogP contribution in [0.5, 0.6) is 0 Å². The first-order valence-electron chi connectivity index (χ1n) is 13.0. The number of anilines is 2. The van der Waals surface area contributed by atoms with Gasteiger partial charge < -0.3 is 10.2 Å². The van der Waals surface area contributed by atoms with Crippen molar-refractivity contribution in [3.05, 3.63) is 59.9 Å². The van der Waals surface area contributed by atoms with Crippen LogP contribution in [-0.4, -0.2) is 29.6 Å². The maximum atomic E-state index is 15.3. The van der Waals surface area contributed by atoms with E-state index < -0.39 is 35.2 Å². The van der Waals surface area contributed by atoms with E-state index in [1.54, 1.807) is 23.1 Å². The molecule has 0 radical (unpaired) electrons. The smallest absolute Gasteiger partial charge is 0.239 e. The van der Waals surface area contributed by atoms with E-state index in [9.17, 15) is 14.4 Å². The summed E-state index contributed by atoms with van der Waals surface area (Å²) in [6.45, 7) is 8.21. The van der Waals surface area contributed by atoms with Crippen LogP contribution >= 0.6 is 0 Å². The summed E-state index contributed by atoms with van der Waals surface area (Å²) in [7, 11) is 0. The van der Waals surface area contributed by atoms with Crippen molar-refractivity contribution in [2.24, 2.45) is 22.7 Å². The molecule has 0 aromatic heterocycles. The monoisotopic (exact) mass is 488 g/mol. The van der Waals surface area contributed by atoms with Crippen molar-refractivity contribution in [1.82, 2.24) is 0 Å². The third-order valence-corrected chi connectivity index (χ3v) is 9.10. The summed E-state index contributed by atoms with van der Waals surface area (Å²) in [4.78, 5) is 44.2. The normalized spacial score (nSPS) is 34.1. The second-order valence-electron chi connectivity index (χ2n) is 12.8. The van der Waals surface area contributed by atoms with Gasteiger partial charge in [-0.3, -0.25) is 14.4 Å². The molecule has 0 bridgehead atoms. The van der Waals surface area contributed by atoms with Crippen LogP contribution in [-0.2, 0) is 19.8 Å². The molecule has 3 fully saturated rings. The number of rotatable bonds is 1. The fourth-order valence-electron chi connectivity index (χ4n) is 7.97. The molecule has 2 aromatic rings. The Balaban J connectivity index is 1.66. The zero-order valence-electron chi connectivity index (χ0n) is 21.3. The fraction of sp³-hybridized carbons (Fsp3) is 0.500. The van der Waals surface area contributed by atoms with E-state index in [0.29, 0.717) is 25.7 Å². The molecular formula is C30H33FN2O3. The van der Waals surface area contributed by atoms with Crippen LogP contribution < -0.4 is 10.2 Å². The topological polar surface area (TPSA) is 66.5 Å². The van der Waals surface area contributed by atoms with E-state index in [-0.39, 0.29) is 34.0 Å². The van der Waals surface area contributed by atoms with E-state index in [2.05, 4.69) is 19.2 Å². The highest BCUT2D eigenvalue weighted by Gasteiger charge is 2.72. The van der Waals surface area contributed by atoms with E-state index in [4.69, 9.17) is 0 Å². The van der Waals surface area contributed by atoms with Crippen LogP contribution in [0.1, 0.15) is 58.9 Å². The van der Waals surface area contributed by atoms with Gasteiger partial charge in [-0.15, -0.1) is 0 Å². The molecule has 4 aliphatic rings. The lowest BCUT2D eigenvalue weighted by Gasteiger charge is -2.54. The Bertz CT molecular complexity index is 1300. The highest BCUT2D eigenvalue weighted by molar-refractivity contribution is 6.12. The molecular weight excluding hydrogens is 455 g/mol. The highest BCUT2D eigenvalue weighted by Crippen LogP contribution is 2.63. The SMILES string of the molecule is CC1(C)CC(=O)C2C(C1)N(c1ccccc1F)C(=O)C21c2ccccc2NC2C(=O)CC(C)(C)CC21. The number of nitrogens with zero attached hydrogens (tertiary/aromatic N) is 1. The summed E-state index contributed by atoms with van der Waals surface area (Å²) in [5.74, 6) is -1.66. The number of amides is 1. The Morgan fingerprint density at radius 3 is 2.25 bits per heavy atom. The van der Waals surface area contributed by atoms with E-state index >= 15 is 4.39 Å². The first-order valence-corrected chi connectivity index (χ1v) is 13.0. The van der Waals surface area contributed by atoms with E-state index in [1.807, 2.05) is 38.1 Å². The first kappa shape index (κ1) is 23.4. The van der Waals surface area contributed by atoms with Crippen LogP contribution in [0.3, 0.4) is 0 Å². The maximum absolute atomic E-state index is 15.3. The van der Waals surface area contributed by atoms with Gasteiger partial charge in [0.2, 0.25) is 5.91 Å². The minimum absolute atomic E-state index is 0.0368. The van der Waals surface area contributed by atoms with E-state index in [0.717, 1.165) is 11.3 Å². The van der Waals surface area contributed by atoms with Crippen molar-refractivity contribution in [3.8, 4) is 0 Å². The number of Topliss-reactive ketones (excluding diaryl/α,β-unsaturated/α-hetero) is 2. The van der Waals surface area contributed by atoms with Gasteiger partial charge in [0, 0.05) is 30.5 Å². The van der Waals surface area contributed by atoms with Crippen molar-refractivity contribution in [1.29, 1.82) is 0 Å². The molecule has 2 aromatic carbocycles. The van der Waals surface area contributed by atoms with Gasteiger partial charge in [-0.25, -0.2) is 4.39 Å². The molecule has 188 valence electrons. The largest absolute Gasteiger partial charge is 0.375 e. The van der Waals surface area contributed by atoms with Gasteiger partial charge in [-0.1, -0.05) is 58.0 Å². The number of fused-ring (bicyclic) bond motifs is 6. The summed E-state index contributed by atoms with van der Waals surface area (Å²) in [5.41, 5.74) is -0.136. The molecule has 2 aliphatic carbocycles. The zero-order chi connectivity index (χ0) is 25.6. The van der Waals surface area contributed by atoms with Crippen LogP contribution in [0, 0.1) is 28.5 Å². The summed E-state index contributed by atoms with van der Waals surface area (Å²) in [5, 5.41) is 3.45. The summed E-state index contributed by atoms with van der Waals surface area (Å²) >= 11 is 0. The number of halogens is 1. The predicted octanol–water partition coefficient (Wildman–Crippen LogP) is 5.28. The Morgan fingerprint density at radius 2 is 1.50 bits per heavy atom. The molecule has 36 heavy (non-hydrogen) atoms. The van der Waals surface area contributed by atoms with Crippen molar-refractivity contribution in [2.75, 3.05) is 10.2 Å². The average molecular weight is 489 g/mol.